The number of nitrogens with one attached hydrogen (secondary N) is 2. The molecule has 7 nitrogen and oxygen atoms in total. The lowest BCUT2D eigenvalue weighted by Crippen LogP contribution is -2.47. The number of aromatic nitrogens is 3. The van der Waals surface area contributed by atoms with Crippen molar-refractivity contribution in [3.8, 4) is 0 Å². The number of carbonyl (C=O) groups is 2. The summed E-state index contributed by atoms with van der Waals surface area (Å²) in [5.74, 6) is 0.122. The van der Waals surface area contributed by atoms with E-state index in [4.69, 9.17) is 0 Å². The molecule has 1 aliphatic heterocycles. The van der Waals surface area contributed by atoms with E-state index in [-0.39, 0.29) is 17.7 Å². The molecular weight excluding hydrogens is 258 g/mol. The molecule has 0 aromatic carbocycles. The van der Waals surface area contributed by atoms with E-state index in [1.54, 1.807) is 4.90 Å². The first kappa shape index (κ1) is 14.5. The first-order valence-corrected chi connectivity index (χ1v) is 6.83. The third kappa shape index (κ3) is 3.34. The molecule has 1 atom stereocenters. The van der Waals surface area contributed by atoms with Crippen molar-refractivity contribution in [3.05, 3.63) is 6.33 Å². The number of rotatable bonds is 2. The lowest BCUT2D eigenvalue weighted by molar-refractivity contribution is -0.142. The molecule has 0 saturated carbocycles. The smallest absolute Gasteiger partial charge is 0.231 e. The molecule has 1 fully saturated rings. The van der Waals surface area contributed by atoms with Crippen LogP contribution in [0.4, 0.5) is 5.95 Å². The summed E-state index contributed by atoms with van der Waals surface area (Å²) in [4.78, 5) is 30.1. The Kier molecular flexibility index (Phi) is 4.06. The summed E-state index contributed by atoms with van der Waals surface area (Å²) in [6.07, 6.45) is 2.97. The molecule has 1 saturated heterocycles. The van der Waals surface area contributed by atoms with Crippen molar-refractivity contribution in [3.63, 3.8) is 0 Å². The average Bonchev–Trinajstić information content (AvgIpc) is 2.89. The van der Waals surface area contributed by atoms with Crippen molar-refractivity contribution in [2.24, 2.45) is 11.3 Å². The summed E-state index contributed by atoms with van der Waals surface area (Å²) in [7, 11) is 0. The van der Waals surface area contributed by atoms with Crippen LogP contribution < -0.4 is 5.32 Å². The third-order valence-electron chi connectivity index (χ3n) is 3.38. The van der Waals surface area contributed by atoms with Crippen LogP contribution in [0.15, 0.2) is 6.33 Å². The molecular formula is C13H21N5O2. The van der Waals surface area contributed by atoms with E-state index in [0.717, 1.165) is 19.4 Å². The Hall–Kier alpha value is -1.92. The number of H-pyrrole nitrogens is 1. The van der Waals surface area contributed by atoms with Gasteiger partial charge in [-0.2, -0.15) is 10.1 Å². The van der Waals surface area contributed by atoms with Crippen LogP contribution in [-0.2, 0) is 9.59 Å². The quantitative estimate of drug-likeness (QED) is 0.845. The highest BCUT2D eigenvalue weighted by Gasteiger charge is 2.33. The van der Waals surface area contributed by atoms with Gasteiger partial charge in [-0.05, 0) is 12.8 Å². The van der Waals surface area contributed by atoms with Crippen LogP contribution in [0.1, 0.15) is 33.6 Å². The Morgan fingerprint density at radius 3 is 2.80 bits per heavy atom. The highest BCUT2D eigenvalue weighted by molar-refractivity contribution is 5.91. The van der Waals surface area contributed by atoms with Gasteiger partial charge < -0.3 is 4.90 Å². The first-order chi connectivity index (χ1) is 9.38. The Morgan fingerprint density at radius 1 is 1.45 bits per heavy atom. The molecule has 110 valence electrons. The fourth-order valence-corrected chi connectivity index (χ4v) is 2.33. The van der Waals surface area contributed by atoms with Gasteiger partial charge in [0.1, 0.15) is 6.33 Å². The van der Waals surface area contributed by atoms with Crippen molar-refractivity contribution < 1.29 is 9.59 Å². The summed E-state index contributed by atoms with van der Waals surface area (Å²) < 4.78 is 0. The van der Waals surface area contributed by atoms with E-state index in [0.29, 0.717) is 12.5 Å². The van der Waals surface area contributed by atoms with Crippen LogP contribution in [0.5, 0.6) is 0 Å². The zero-order valence-corrected chi connectivity index (χ0v) is 12.1. The standard InChI is InChI=1S/C13H21N5O2/c1-13(2,3)11(20)18-6-4-5-9(7-18)10(19)16-12-14-8-15-17-12/h8-9H,4-7H2,1-3H3,(H2,14,15,16,17,19). The van der Waals surface area contributed by atoms with E-state index in [1.807, 2.05) is 20.8 Å². The minimum atomic E-state index is -0.413. The van der Waals surface area contributed by atoms with Gasteiger partial charge in [0, 0.05) is 18.5 Å². The fraction of sp³-hybridized carbons (Fsp3) is 0.692. The molecule has 0 radical (unpaired) electrons. The zero-order chi connectivity index (χ0) is 14.8. The van der Waals surface area contributed by atoms with E-state index < -0.39 is 5.41 Å². The number of piperidine rings is 1. The molecule has 1 aromatic heterocycles. The van der Waals surface area contributed by atoms with E-state index >= 15 is 0 Å². The Labute approximate surface area is 118 Å². The van der Waals surface area contributed by atoms with Crippen molar-refractivity contribution in [2.45, 2.75) is 33.6 Å². The lowest BCUT2D eigenvalue weighted by atomic mass is 9.91. The molecule has 2 heterocycles. The zero-order valence-electron chi connectivity index (χ0n) is 12.1. The number of likely N-dealkylation sites (tertiary alicyclic amines) is 1. The number of hydrogen-bond donors (Lipinski definition) is 2. The predicted molar refractivity (Wildman–Crippen MR) is 73.8 cm³/mol. The van der Waals surface area contributed by atoms with Gasteiger partial charge in [0.05, 0.1) is 5.92 Å². The minimum absolute atomic E-state index is 0.0923. The minimum Gasteiger partial charge on any atom is -0.341 e. The normalized spacial score (nSPS) is 19.8. The molecule has 2 rings (SSSR count). The molecule has 1 aromatic rings. The second-order valence-electron chi connectivity index (χ2n) is 6.16. The summed E-state index contributed by atoms with van der Waals surface area (Å²) in [5, 5.41) is 8.96. The molecule has 20 heavy (non-hydrogen) atoms. The van der Waals surface area contributed by atoms with E-state index in [9.17, 15) is 9.59 Å². The topological polar surface area (TPSA) is 91.0 Å². The maximum atomic E-state index is 12.3. The van der Waals surface area contributed by atoms with Crippen LogP contribution in [0.3, 0.4) is 0 Å². The van der Waals surface area contributed by atoms with Gasteiger partial charge in [-0.15, -0.1) is 0 Å². The maximum Gasteiger partial charge on any atom is 0.231 e. The number of carbonyl (C=O) groups excluding carboxylic acids is 2. The van der Waals surface area contributed by atoms with Crippen molar-refractivity contribution in [2.75, 3.05) is 18.4 Å². The third-order valence-corrected chi connectivity index (χ3v) is 3.38. The second-order valence-corrected chi connectivity index (χ2v) is 6.16. The first-order valence-electron chi connectivity index (χ1n) is 6.83. The Morgan fingerprint density at radius 2 is 2.20 bits per heavy atom. The monoisotopic (exact) mass is 279 g/mol. The van der Waals surface area contributed by atoms with Crippen LogP contribution in [0, 0.1) is 11.3 Å². The summed E-state index contributed by atoms with van der Waals surface area (Å²) >= 11 is 0. The summed E-state index contributed by atoms with van der Waals surface area (Å²) in [6.45, 7) is 6.88. The number of hydrogen-bond acceptors (Lipinski definition) is 4. The van der Waals surface area contributed by atoms with Gasteiger partial charge in [-0.3, -0.25) is 14.9 Å². The molecule has 0 bridgehead atoms. The molecule has 0 aliphatic carbocycles. The van der Waals surface area contributed by atoms with Crippen LogP contribution in [-0.4, -0.2) is 45.0 Å². The number of amides is 2. The van der Waals surface area contributed by atoms with Crippen molar-refractivity contribution >= 4 is 17.8 Å². The molecule has 2 N–H and O–H groups in total. The predicted octanol–water partition coefficient (Wildman–Crippen LogP) is 1.03. The maximum absolute atomic E-state index is 12.3. The lowest BCUT2D eigenvalue weighted by Gasteiger charge is -2.35. The van der Waals surface area contributed by atoms with Gasteiger partial charge in [0.2, 0.25) is 17.8 Å². The van der Waals surface area contributed by atoms with Gasteiger partial charge in [-0.25, -0.2) is 5.10 Å². The van der Waals surface area contributed by atoms with Gasteiger partial charge in [0.15, 0.2) is 0 Å². The molecule has 0 spiro atoms. The average molecular weight is 279 g/mol. The van der Waals surface area contributed by atoms with Crippen molar-refractivity contribution in [1.82, 2.24) is 20.1 Å². The Balaban J connectivity index is 1.96. The van der Waals surface area contributed by atoms with Crippen LogP contribution in [0.25, 0.3) is 0 Å². The van der Waals surface area contributed by atoms with Gasteiger partial charge in [0.25, 0.3) is 0 Å². The summed E-state index contributed by atoms with van der Waals surface area (Å²) in [5.41, 5.74) is -0.413. The van der Waals surface area contributed by atoms with E-state index in [2.05, 4.69) is 20.5 Å². The number of aromatic amines is 1. The fourth-order valence-electron chi connectivity index (χ4n) is 2.33. The number of nitrogens with zero attached hydrogens (tertiary/aromatic N) is 3. The van der Waals surface area contributed by atoms with E-state index in [1.165, 1.54) is 6.33 Å². The molecule has 1 unspecified atom stereocenters. The Bertz CT molecular complexity index is 477. The van der Waals surface area contributed by atoms with Crippen LogP contribution >= 0.6 is 0 Å². The van der Waals surface area contributed by atoms with Crippen LogP contribution in [0.2, 0.25) is 0 Å². The second kappa shape index (κ2) is 5.60. The highest BCUT2D eigenvalue weighted by atomic mass is 16.2. The van der Waals surface area contributed by atoms with Gasteiger partial charge in [-0.1, -0.05) is 20.8 Å². The molecule has 1 aliphatic rings. The van der Waals surface area contributed by atoms with Crippen molar-refractivity contribution in [1.29, 1.82) is 0 Å². The highest BCUT2D eigenvalue weighted by Crippen LogP contribution is 2.24. The molecule has 2 amide bonds. The van der Waals surface area contributed by atoms with Gasteiger partial charge >= 0.3 is 0 Å². The SMILES string of the molecule is CC(C)(C)C(=O)N1CCCC(C(=O)Nc2ncn[nH]2)C1. The molecule has 7 heteroatoms. The number of anilines is 1. The summed E-state index contributed by atoms with van der Waals surface area (Å²) in [6, 6.07) is 0. The largest absolute Gasteiger partial charge is 0.341 e.